The van der Waals surface area contributed by atoms with Crippen LogP contribution >= 0.6 is 11.3 Å². The lowest BCUT2D eigenvalue weighted by atomic mass is 10.3. The van der Waals surface area contributed by atoms with Gasteiger partial charge in [0.1, 0.15) is 18.7 Å². The maximum atomic E-state index is 10.6. The fourth-order valence-electron chi connectivity index (χ4n) is 1.40. The lowest BCUT2D eigenvalue weighted by molar-refractivity contribution is -0.135. The van der Waals surface area contributed by atoms with Gasteiger partial charge in [0.25, 0.3) is 0 Å². The fourth-order valence-corrected chi connectivity index (χ4v) is 2.09. The Hall–Kier alpha value is -1.95. The van der Waals surface area contributed by atoms with Crippen LogP contribution < -0.4 is 4.90 Å². The van der Waals surface area contributed by atoms with Crippen molar-refractivity contribution in [3.63, 3.8) is 0 Å². The zero-order chi connectivity index (χ0) is 12.3. The van der Waals surface area contributed by atoms with Gasteiger partial charge in [-0.25, -0.2) is 9.97 Å². The van der Waals surface area contributed by atoms with Crippen LogP contribution in [0.2, 0.25) is 0 Å². The molecule has 0 bridgehead atoms. The zero-order valence-corrected chi connectivity index (χ0v) is 10.0. The van der Waals surface area contributed by atoms with Crippen molar-refractivity contribution in [3.05, 3.63) is 29.9 Å². The van der Waals surface area contributed by atoms with Gasteiger partial charge in [-0.15, -0.1) is 11.3 Å². The topological polar surface area (TPSA) is 66.3 Å². The molecule has 0 aromatic carbocycles. The maximum absolute atomic E-state index is 10.6. The number of aromatic nitrogens is 2. The van der Waals surface area contributed by atoms with E-state index in [4.69, 9.17) is 5.11 Å². The van der Waals surface area contributed by atoms with Gasteiger partial charge < -0.3 is 10.0 Å². The number of rotatable bonds is 4. The van der Waals surface area contributed by atoms with Crippen molar-refractivity contribution in [3.8, 4) is 10.6 Å². The molecule has 88 valence electrons. The van der Waals surface area contributed by atoms with Gasteiger partial charge >= 0.3 is 5.97 Å². The Morgan fingerprint density at radius 2 is 2.35 bits per heavy atom. The molecule has 0 radical (unpaired) electrons. The van der Waals surface area contributed by atoms with E-state index >= 15 is 0 Å². The van der Waals surface area contributed by atoms with E-state index in [-0.39, 0.29) is 6.54 Å². The summed E-state index contributed by atoms with van der Waals surface area (Å²) in [7, 11) is 1.69. The maximum Gasteiger partial charge on any atom is 0.323 e. The number of aliphatic carboxylic acids is 1. The predicted molar refractivity (Wildman–Crippen MR) is 66.3 cm³/mol. The molecule has 5 nitrogen and oxygen atoms in total. The summed E-state index contributed by atoms with van der Waals surface area (Å²) >= 11 is 1.59. The Morgan fingerprint density at radius 1 is 1.53 bits per heavy atom. The average Bonchev–Trinajstić information content (AvgIpc) is 2.82. The summed E-state index contributed by atoms with van der Waals surface area (Å²) in [5.41, 5.74) is 0.808. The molecule has 0 atom stereocenters. The van der Waals surface area contributed by atoms with Gasteiger partial charge in [-0.2, -0.15) is 0 Å². The molecular formula is C11H11N3O2S. The minimum Gasteiger partial charge on any atom is -0.480 e. The summed E-state index contributed by atoms with van der Waals surface area (Å²) in [6, 6.07) is 5.70. The van der Waals surface area contributed by atoms with E-state index in [2.05, 4.69) is 9.97 Å². The fraction of sp³-hybridized carbons (Fsp3) is 0.182. The SMILES string of the molecule is CN(CC(=O)O)c1cc(-c2cccs2)ncn1. The molecule has 1 N–H and O–H groups in total. The van der Waals surface area contributed by atoms with E-state index in [1.165, 1.54) is 6.33 Å². The Labute approximate surface area is 102 Å². The third kappa shape index (κ3) is 2.79. The first-order valence-electron chi connectivity index (χ1n) is 4.95. The van der Waals surface area contributed by atoms with Crippen LogP contribution in [0.15, 0.2) is 29.9 Å². The summed E-state index contributed by atoms with van der Waals surface area (Å²) in [5, 5.41) is 10.7. The second-order valence-corrected chi connectivity index (χ2v) is 4.44. The van der Waals surface area contributed by atoms with Gasteiger partial charge in [0.15, 0.2) is 0 Å². The smallest absolute Gasteiger partial charge is 0.323 e. The third-order valence-electron chi connectivity index (χ3n) is 2.19. The first kappa shape index (κ1) is 11.5. The number of carbonyl (C=O) groups is 1. The van der Waals surface area contributed by atoms with Crippen molar-refractivity contribution >= 4 is 23.1 Å². The van der Waals surface area contributed by atoms with Crippen LogP contribution in [0.3, 0.4) is 0 Å². The molecular weight excluding hydrogens is 238 g/mol. The molecule has 0 aliphatic carbocycles. The van der Waals surface area contributed by atoms with Crippen molar-refractivity contribution in [2.75, 3.05) is 18.5 Å². The largest absolute Gasteiger partial charge is 0.480 e. The second-order valence-electron chi connectivity index (χ2n) is 3.49. The van der Waals surface area contributed by atoms with E-state index in [1.54, 1.807) is 29.4 Å². The minimum absolute atomic E-state index is 0.0824. The minimum atomic E-state index is -0.885. The van der Waals surface area contributed by atoms with Crippen molar-refractivity contribution in [1.82, 2.24) is 9.97 Å². The zero-order valence-electron chi connectivity index (χ0n) is 9.20. The molecule has 0 saturated heterocycles. The quantitative estimate of drug-likeness (QED) is 0.893. The lowest BCUT2D eigenvalue weighted by Crippen LogP contribution is -2.25. The highest BCUT2D eigenvalue weighted by Crippen LogP contribution is 2.24. The molecule has 2 aromatic rings. The van der Waals surface area contributed by atoms with Crippen LogP contribution in [-0.2, 0) is 4.79 Å². The van der Waals surface area contributed by atoms with Crippen LogP contribution in [0.5, 0.6) is 0 Å². The van der Waals surface area contributed by atoms with E-state index in [9.17, 15) is 4.79 Å². The molecule has 0 spiro atoms. The van der Waals surface area contributed by atoms with Gasteiger partial charge in [0, 0.05) is 13.1 Å². The molecule has 0 amide bonds. The molecule has 2 aromatic heterocycles. The molecule has 0 fully saturated rings. The molecule has 0 aliphatic heterocycles. The van der Waals surface area contributed by atoms with E-state index < -0.39 is 5.97 Å². The average molecular weight is 249 g/mol. The number of nitrogens with zero attached hydrogens (tertiary/aromatic N) is 3. The van der Waals surface area contributed by atoms with E-state index in [1.807, 2.05) is 17.5 Å². The summed E-state index contributed by atoms with van der Waals surface area (Å²) < 4.78 is 0. The number of thiophene rings is 1. The molecule has 0 aliphatic rings. The number of carboxylic acids is 1. The second kappa shape index (κ2) is 4.92. The lowest BCUT2D eigenvalue weighted by Gasteiger charge is -2.15. The van der Waals surface area contributed by atoms with Crippen LogP contribution in [0.25, 0.3) is 10.6 Å². The van der Waals surface area contributed by atoms with Gasteiger partial charge in [-0.3, -0.25) is 4.79 Å². The molecule has 17 heavy (non-hydrogen) atoms. The highest BCUT2D eigenvalue weighted by molar-refractivity contribution is 7.13. The number of hydrogen-bond donors (Lipinski definition) is 1. The van der Waals surface area contributed by atoms with Crippen molar-refractivity contribution in [1.29, 1.82) is 0 Å². The normalized spacial score (nSPS) is 10.2. The monoisotopic (exact) mass is 249 g/mol. The Kier molecular flexibility index (Phi) is 3.34. The van der Waals surface area contributed by atoms with Crippen molar-refractivity contribution in [2.45, 2.75) is 0 Å². The van der Waals surface area contributed by atoms with Crippen molar-refractivity contribution < 1.29 is 9.90 Å². The highest BCUT2D eigenvalue weighted by Gasteiger charge is 2.09. The van der Waals surface area contributed by atoms with Crippen LogP contribution in [0.4, 0.5) is 5.82 Å². The highest BCUT2D eigenvalue weighted by atomic mass is 32.1. The predicted octanol–water partition coefficient (Wildman–Crippen LogP) is 1.73. The first-order valence-corrected chi connectivity index (χ1v) is 5.83. The molecule has 2 rings (SSSR count). The van der Waals surface area contributed by atoms with Gasteiger partial charge in [-0.1, -0.05) is 6.07 Å². The number of likely N-dealkylation sites (N-methyl/N-ethyl adjacent to an activating group) is 1. The Morgan fingerprint density at radius 3 is 3.00 bits per heavy atom. The van der Waals surface area contributed by atoms with Gasteiger partial charge in [-0.05, 0) is 11.4 Å². The number of anilines is 1. The Bertz CT molecular complexity index is 513. The van der Waals surface area contributed by atoms with Crippen molar-refractivity contribution in [2.24, 2.45) is 0 Å². The standard InChI is InChI=1S/C11H11N3O2S/c1-14(6-11(15)16)10-5-8(12-7-13-10)9-3-2-4-17-9/h2-5,7H,6H2,1H3,(H,15,16). The molecule has 2 heterocycles. The summed E-state index contributed by atoms with van der Waals surface area (Å²) in [6.45, 7) is -0.0824. The molecule has 0 unspecified atom stereocenters. The van der Waals surface area contributed by atoms with Crippen LogP contribution in [0, 0.1) is 0 Å². The summed E-state index contributed by atoms with van der Waals surface area (Å²) in [4.78, 5) is 21.5. The number of hydrogen-bond acceptors (Lipinski definition) is 5. The summed E-state index contributed by atoms with van der Waals surface area (Å²) in [5.74, 6) is -0.283. The van der Waals surface area contributed by atoms with E-state index in [0.29, 0.717) is 5.82 Å². The van der Waals surface area contributed by atoms with Gasteiger partial charge in [0.2, 0.25) is 0 Å². The van der Waals surface area contributed by atoms with Gasteiger partial charge in [0.05, 0.1) is 10.6 Å². The van der Waals surface area contributed by atoms with Crippen LogP contribution in [-0.4, -0.2) is 34.6 Å². The van der Waals surface area contributed by atoms with Crippen LogP contribution in [0.1, 0.15) is 0 Å². The van der Waals surface area contributed by atoms with E-state index in [0.717, 1.165) is 10.6 Å². The number of carboxylic acid groups (broad SMARTS) is 1. The summed E-state index contributed by atoms with van der Waals surface area (Å²) in [6.07, 6.45) is 1.45. The molecule has 6 heteroatoms. The first-order chi connectivity index (χ1) is 8.16. The Balaban J connectivity index is 2.25. The molecule has 0 saturated carbocycles. The third-order valence-corrected chi connectivity index (χ3v) is 3.08.